The van der Waals surface area contributed by atoms with Crippen molar-refractivity contribution in [2.75, 3.05) is 0 Å². The number of thioether (sulfide) groups is 1. The second-order valence-electron chi connectivity index (χ2n) is 6.07. The van der Waals surface area contributed by atoms with Gasteiger partial charge in [0, 0.05) is 0 Å². The molecule has 1 heterocycles. The Bertz CT molecular complexity index is 895. The minimum Gasteiger partial charge on any atom is -0.300 e. The van der Waals surface area contributed by atoms with Crippen molar-refractivity contribution in [2.24, 2.45) is 4.99 Å². The molecule has 2 aromatic carbocycles. The van der Waals surface area contributed by atoms with E-state index in [0.717, 1.165) is 22.4 Å². The first kappa shape index (κ1) is 17.2. The molecule has 126 valence electrons. The molecule has 3 rings (SSSR count). The summed E-state index contributed by atoms with van der Waals surface area (Å²) in [5.74, 6) is -0.102. The van der Waals surface area contributed by atoms with Crippen molar-refractivity contribution in [1.82, 2.24) is 5.32 Å². The number of benzene rings is 2. The van der Waals surface area contributed by atoms with Gasteiger partial charge in [0.2, 0.25) is 0 Å². The monoisotopic (exact) mass is 348 g/mol. The van der Waals surface area contributed by atoms with Gasteiger partial charge < -0.3 is 5.32 Å². The van der Waals surface area contributed by atoms with Crippen LogP contribution in [0.2, 0.25) is 0 Å². The average Bonchev–Trinajstić information content (AvgIpc) is 2.90. The average molecular weight is 348 g/mol. The van der Waals surface area contributed by atoms with E-state index in [9.17, 15) is 4.79 Å². The number of nitrogens with one attached hydrogen (secondary N) is 1. The second kappa shape index (κ2) is 7.53. The highest BCUT2D eigenvalue weighted by molar-refractivity contribution is 8.18. The van der Waals surface area contributed by atoms with Crippen LogP contribution >= 0.6 is 11.8 Å². The molecule has 4 heteroatoms. The van der Waals surface area contributed by atoms with E-state index in [1.807, 2.05) is 62.4 Å². The third-order valence-corrected chi connectivity index (χ3v) is 4.69. The van der Waals surface area contributed by atoms with Crippen molar-refractivity contribution in [3.63, 3.8) is 0 Å². The fraction of sp³-hybridized carbons (Fsp3) is 0.143. The molecule has 0 aliphatic carbocycles. The second-order valence-corrected chi connectivity index (χ2v) is 7.10. The summed E-state index contributed by atoms with van der Waals surface area (Å²) in [7, 11) is 0. The highest BCUT2D eigenvalue weighted by Gasteiger charge is 2.23. The topological polar surface area (TPSA) is 41.5 Å². The zero-order valence-electron chi connectivity index (χ0n) is 14.5. The van der Waals surface area contributed by atoms with Crippen LogP contribution in [-0.2, 0) is 4.79 Å². The largest absolute Gasteiger partial charge is 0.300 e. The van der Waals surface area contributed by atoms with Crippen LogP contribution in [0.1, 0.15) is 23.6 Å². The molecule has 0 radical (unpaired) electrons. The maximum absolute atomic E-state index is 12.2. The Balaban J connectivity index is 1.80. The Labute approximate surface area is 152 Å². The Morgan fingerprint density at radius 2 is 1.88 bits per heavy atom. The summed E-state index contributed by atoms with van der Waals surface area (Å²) in [5, 5.41) is 3.46. The summed E-state index contributed by atoms with van der Waals surface area (Å²) in [6.45, 7) is 6.07. The van der Waals surface area contributed by atoms with Gasteiger partial charge in [0.1, 0.15) is 0 Å². The van der Waals surface area contributed by atoms with Crippen molar-refractivity contribution < 1.29 is 4.79 Å². The molecule has 1 N–H and O–H groups in total. The number of aryl methyl sites for hydroxylation is 2. The number of hydrogen-bond donors (Lipinski definition) is 1. The van der Waals surface area contributed by atoms with Crippen LogP contribution in [-0.4, -0.2) is 11.1 Å². The van der Waals surface area contributed by atoms with Crippen LogP contribution in [0, 0.1) is 13.8 Å². The smallest absolute Gasteiger partial charge is 0.264 e. The lowest BCUT2D eigenvalue weighted by atomic mass is 10.1. The van der Waals surface area contributed by atoms with Crippen molar-refractivity contribution >= 4 is 34.6 Å². The van der Waals surface area contributed by atoms with E-state index in [1.165, 1.54) is 17.3 Å². The number of amides is 1. The fourth-order valence-corrected chi connectivity index (χ4v) is 3.47. The Morgan fingerprint density at radius 3 is 2.60 bits per heavy atom. The predicted molar refractivity (Wildman–Crippen MR) is 107 cm³/mol. The lowest BCUT2D eigenvalue weighted by Gasteiger charge is -2.02. The van der Waals surface area contributed by atoms with Crippen LogP contribution in [0.15, 0.2) is 70.1 Å². The quantitative estimate of drug-likeness (QED) is 0.780. The number of nitrogens with zero attached hydrogens (tertiary/aromatic N) is 1. The molecular weight excluding hydrogens is 328 g/mol. The summed E-state index contributed by atoms with van der Waals surface area (Å²) in [6, 6.07) is 16.2. The molecule has 0 saturated carbocycles. The first-order valence-corrected chi connectivity index (χ1v) is 8.93. The molecule has 1 amide bonds. The van der Waals surface area contributed by atoms with Crippen LogP contribution in [0.5, 0.6) is 0 Å². The van der Waals surface area contributed by atoms with Crippen LogP contribution in [0.25, 0.3) is 6.08 Å². The number of hydrogen-bond acceptors (Lipinski definition) is 3. The van der Waals surface area contributed by atoms with Gasteiger partial charge in [-0.25, -0.2) is 4.99 Å². The van der Waals surface area contributed by atoms with E-state index >= 15 is 0 Å². The van der Waals surface area contributed by atoms with E-state index in [1.54, 1.807) is 0 Å². The van der Waals surface area contributed by atoms with Gasteiger partial charge in [-0.15, -0.1) is 0 Å². The maximum Gasteiger partial charge on any atom is 0.264 e. The van der Waals surface area contributed by atoms with Crippen LogP contribution < -0.4 is 5.32 Å². The summed E-state index contributed by atoms with van der Waals surface area (Å²) in [4.78, 5) is 17.4. The third kappa shape index (κ3) is 4.48. The predicted octanol–water partition coefficient (Wildman–Crippen LogP) is 5.14. The van der Waals surface area contributed by atoms with E-state index in [-0.39, 0.29) is 5.91 Å². The van der Waals surface area contributed by atoms with E-state index in [2.05, 4.69) is 29.4 Å². The highest BCUT2D eigenvalue weighted by atomic mass is 32.2. The van der Waals surface area contributed by atoms with Gasteiger partial charge in [0.05, 0.1) is 10.6 Å². The van der Waals surface area contributed by atoms with Crippen molar-refractivity contribution in [1.29, 1.82) is 0 Å². The molecule has 1 aliphatic heterocycles. The molecule has 0 bridgehead atoms. The molecule has 25 heavy (non-hydrogen) atoms. The Morgan fingerprint density at radius 1 is 1.12 bits per heavy atom. The number of carbonyl (C=O) groups is 1. The Kier molecular flexibility index (Phi) is 5.19. The lowest BCUT2D eigenvalue weighted by molar-refractivity contribution is -0.115. The third-order valence-electron chi connectivity index (χ3n) is 3.78. The maximum atomic E-state index is 12.2. The van der Waals surface area contributed by atoms with E-state index in [0.29, 0.717) is 10.1 Å². The SMILES string of the molecule is CC(=C/c1ccccc1)/C=C1/SC(=Nc2ccc(C)cc2C)NC1=O. The number of amidine groups is 1. The van der Waals surface area contributed by atoms with Gasteiger partial charge in [0.25, 0.3) is 5.91 Å². The molecule has 0 spiro atoms. The lowest BCUT2D eigenvalue weighted by Crippen LogP contribution is -2.19. The van der Waals surface area contributed by atoms with Crippen LogP contribution in [0.4, 0.5) is 5.69 Å². The standard InChI is InChI=1S/C21H20N2OS/c1-14-9-10-18(16(3)11-14)22-21-23-20(24)19(25-21)13-15(2)12-17-7-5-4-6-8-17/h4-13H,1-3H3,(H,22,23,24)/b15-12-,19-13+. The van der Waals surface area contributed by atoms with Gasteiger partial charge in [-0.05, 0) is 61.4 Å². The molecule has 1 aliphatic rings. The highest BCUT2D eigenvalue weighted by Crippen LogP contribution is 2.29. The summed E-state index contributed by atoms with van der Waals surface area (Å²) < 4.78 is 0. The molecule has 0 unspecified atom stereocenters. The molecular formula is C21H20N2OS. The summed E-state index contributed by atoms with van der Waals surface area (Å²) in [6.07, 6.45) is 3.96. The number of carbonyl (C=O) groups excluding carboxylic acids is 1. The zero-order valence-corrected chi connectivity index (χ0v) is 15.4. The molecule has 1 saturated heterocycles. The molecule has 2 aromatic rings. The first-order chi connectivity index (χ1) is 12.0. The Hall–Kier alpha value is -2.59. The zero-order chi connectivity index (χ0) is 17.8. The van der Waals surface area contributed by atoms with Gasteiger partial charge in [-0.1, -0.05) is 54.1 Å². The van der Waals surface area contributed by atoms with Gasteiger partial charge >= 0.3 is 0 Å². The number of aliphatic imine (C=N–C) groups is 1. The van der Waals surface area contributed by atoms with E-state index < -0.39 is 0 Å². The van der Waals surface area contributed by atoms with Gasteiger partial charge in [0.15, 0.2) is 5.17 Å². The van der Waals surface area contributed by atoms with Crippen molar-refractivity contribution in [3.8, 4) is 0 Å². The summed E-state index contributed by atoms with van der Waals surface area (Å²) in [5.41, 5.74) is 5.32. The van der Waals surface area contributed by atoms with E-state index in [4.69, 9.17) is 0 Å². The molecule has 1 fully saturated rings. The number of rotatable bonds is 3. The van der Waals surface area contributed by atoms with Crippen LogP contribution in [0.3, 0.4) is 0 Å². The fourth-order valence-electron chi connectivity index (χ4n) is 2.58. The minimum absolute atomic E-state index is 0.102. The normalized spacial score (nSPS) is 18.0. The van der Waals surface area contributed by atoms with Gasteiger partial charge in [-0.3, -0.25) is 4.79 Å². The summed E-state index contributed by atoms with van der Waals surface area (Å²) >= 11 is 1.38. The number of allylic oxidation sites excluding steroid dienone is 2. The first-order valence-electron chi connectivity index (χ1n) is 8.11. The molecule has 3 nitrogen and oxygen atoms in total. The van der Waals surface area contributed by atoms with Gasteiger partial charge in [-0.2, -0.15) is 0 Å². The minimum atomic E-state index is -0.102. The van der Waals surface area contributed by atoms with Crippen molar-refractivity contribution in [2.45, 2.75) is 20.8 Å². The van der Waals surface area contributed by atoms with Crippen molar-refractivity contribution in [3.05, 3.63) is 81.8 Å². The molecule has 0 aromatic heterocycles. The molecule has 0 atom stereocenters.